The highest BCUT2D eigenvalue weighted by atomic mass is 35.5. The highest BCUT2D eigenvalue weighted by Crippen LogP contribution is 2.26. The lowest BCUT2D eigenvalue weighted by atomic mass is 10.1. The van der Waals surface area contributed by atoms with Gasteiger partial charge in [-0.1, -0.05) is 20.8 Å². The molecule has 0 radical (unpaired) electrons. The molecular weight excluding hydrogens is 204 g/mol. The molecule has 0 aliphatic rings. The third-order valence-electron chi connectivity index (χ3n) is 2.12. The molecule has 0 aliphatic carbocycles. The molecule has 2 unspecified atom stereocenters. The fourth-order valence-corrected chi connectivity index (χ4v) is 2.14. The third-order valence-corrected chi connectivity index (χ3v) is 3.76. The van der Waals surface area contributed by atoms with Crippen molar-refractivity contribution in [3.05, 3.63) is 10.8 Å². The first-order valence-electron chi connectivity index (χ1n) is 4.65. The average Bonchev–Trinajstić information content (AvgIpc) is 2.63. The third kappa shape index (κ3) is 2.64. The van der Waals surface area contributed by atoms with Crippen LogP contribution in [0.5, 0.6) is 0 Å². The van der Waals surface area contributed by atoms with Crippen LogP contribution in [0.2, 0.25) is 0 Å². The smallest absolute Gasteiger partial charge is 0.142 e. The van der Waals surface area contributed by atoms with Gasteiger partial charge in [0.1, 0.15) is 10.8 Å². The monoisotopic (exact) mass is 218 g/mol. The second kappa shape index (κ2) is 4.91. The van der Waals surface area contributed by atoms with Gasteiger partial charge < -0.3 is 0 Å². The molecular formula is C9H15ClN2S. The van der Waals surface area contributed by atoms with E-state index in [4.69, 9.17) is 11.6 Å². The molecule has 0 bridgehead atoms. The van der Waals surface area contributed by atoms with Gasteiger partial charge in [0.2, 0.25) is 0 Å². The Morgan fingerprint density at radius 1 is 1.46 bits per heavy atom. The Hall–Kier alpha value is -0.150. The molecule has 13 heavy (non-hydrogen) atoms. The maximum Gasteiger partial charge on any atom is 0.142 e. The van der Waals surface area contributed by atoms with Gasteiger partial charge in [0.15, 0.2) is 0 Å². The fraction of sp³-hybridized carbons (Fsp3) is 0.778. The molecule has 0 N–H and O–H groups in total. The minimum atomic E-state index is 0.178. The van der Waals surface area contributed by atoms with Crippen molar-refractivity contribution in [1.82, 2.24) is 9.36 Å². The van der Waals surface area contributed by atoms with Crippen LogP contribution >= 0.6 is 23.1 Å². The summed E-state index contributed by atoms with van der Waals surface area (Å²) in [5, 5.41) is 1.25. The molecule has 0 aromatic carbocycles. The summed E-state index contributed by atoms with van der Waals surface area (Å²) in [6.45, 7) is 6.27. The van der Waals surface area contributed by atoms with Crippen LogP contribution < -0.4 is 0 Å². The average molecular weight is 219 g/mol. The molecule has 1 rings (SSSR count). The number of nitrogens with zero attached hydrogens (tertiary/aromatic N) is 2. The summed E-state index contributed by atoms with van der Waals surface area (Å²) in [6, 6.07) is 0. The first-order chi connectivity index (χ1) is 6.19. The summed E-state index contributed by atoms with van der Waals surface area (Å²) >= 11 is 7.62. The van der Waals surface area contributed by atoms with Gasteiger partial charge in [0, 0.05) is 17.7 Å². The van der Waals surface area contributed by atoms with Crippen molar-refractivity contribution in [3.63, 3.8) is 0 Å². The molecule has 0 amide bonds. The van der Waals surface area contributed by atoms with Crippen LogP contribution in [0.1, 0.15) is 43.9 Å². The molecule has 1 aromatic heterocycles. The predicted molar refractivity (Wildman–Crippen MR) is 57.6 cm³/mol. The molecule has 0 fully saturated rings. The van der Waals surface area contributed by atoms with Crippen molar-refractivity contribution in [1.29, 1.82) is 0 Å². The van der Waals surface area contributed by atoms with E-state index in [2.05, 4.69) is 30.1 Å². The summed E-state index contributed by atoms with van der Waals surface area (Å²) in [4.78, 5) is 4.42. The van der Waals surface area contributed by atoms with Gasteiger partial charge in [-0.05, 0) is 18.0 Å². The van der Waals surface area contributed by atoms with E-state index < -0.39 is 0 Å². The molecule has 1 heterocycles. The van der Waals surface area contributed by atoms with E-state index >= 15 is 0 Å². The lowest BCUT2D eigenvalue weighted by Gasteiger charge is -2.12. The van der Waals surface area contributed by atoms with Crippen LogP contribution in [0.15, 0.2) is 0 Å². The van der Waals surface area contributed by atoms with E-state index in [1.165, 1.54) is 11.5 Å². The quantitative estimate of drug-likeness (QED) is 0.726. The largest absolute Gasteiger partial charge is 0.224 e. The molecule has 2 nitrogen and oxygen atoms in total. The number of aromatic nitrogens is 2. The second-order valence-electron chi connectivity index (χ2n) is 3.12. The summed E-state index contributed by atoms with van der Waals surface area (Å²) in [5.41, 5.74) is 0. The van der Waals surface area contributed by atoms with E-state index in [1.807, 2.05) is 0 Å². The molecule has 4 heteroatoms. The summed E-state index contributed by atoms with van der Waals surface area (Å²) < 4.78 is 4.24. The normalized spacial score (nSPS) is 15.7. The van der Waals surface area contributed by atoms with Crippen molar-refractivity contribution < 1.29 is 0 Å². The first-order valence-corrected chi connectivity index (χ1v) is 5.86. The SMILES string of the molecule is CCc1nsc(C(C)C(Cl)CC)n1. The highest BCUT2D eigenvalue weighted by Gasteiger charge is 2.18. The second-order valence-corrected chi connectivity index (χ2v) is 4.46. The number of halogens is 1. The standard InChI is InChI=1S/C9H15ClN2S/c1-4-7(10)6(3)9-11-8(5-2)12-13-9/h6-7H,4-5H2,1-3H3. The maximum atomic E-state index is 6.14. The topological polar surface area (TPSA) is 25.8 Å². The molecule has 0 saturated heterocycles. The zero-order chi connectivity index (χ0) is 9.84. The minimum Gasteiger partial charge on any atom is -0.224 e. The zero-order valence-corrected chi connectivity index (χ0v) is 9.82. The van der Waals surface area contributed by atoms with Gasteiger partial charge in [-0.15, -0.1) is 11.6 Å². The fourth-order valence-electron chi connectivity index (χ4n) is 1.10. The van der Waals surface area contributed by atoms with Crippen molar-refractivity contribution in [2.24, 2.45) is 0 Å². The van der Waals surface area contributed by atoms with Gasteiger partial charge in [-0.3, -0.25) is 0 Å². The van der Waals surface area contributed by atoms with Crippen molar-refractivity contribution in [3.8, 4) is 0 Å². The summed E-state index contributed by atoms with van der Waals surface area (Å²) in [7, 11) is 0. The lowest BCUT2D eigenvalue weighted by Crippen LogP contribution is -2.07. The van der Waals surface area contributed by atoms with Gasteiger partial charge in [0.05, 0.1) is 0 Å². The first kappa shape index (κ1) is 10.9. The number of alkyl halides is 1. The van der Waals surface area contributed by atoms with Crippen LogP contribution in [0.25, 0.3) is 0 Å². The Bertz CT molecular complexity index is 262. The highest BCUT2D eigenvalue weighted by molar-refractivity contribution is 7.05. The van der Waals surface area contributed by atoms with Crippen LogP contribution in [-0.2, 0) is 6.42 Å². The number of hydrogen-bond donors (Lipinski definition) is 0. The van der Waals surface area contributed by atoms with Gasteiger partial charge in [0.25, 0.3) is 0 Å². The van der Waals surface area contributed by atoms with E-state index in [-0.39, 0.29) is 5.38 Å². The van der Waals surface area contributed by atoms with Crippen LogP contribution in [-0.4, -0.2) is 14.7 Å². The Morgan fingerprint density at radius 2 is 2.15 bits per heavy atom. The maximum absolute atomic E-state index is 6.14. The van der Waals surface area contributed by atoms with Crippen molar-refractivity contribution >= 4 is 23.1 Å². The van der Waals surface area contributed by atoms with Crippen molar-refractivity contribution in [2.75, 3.05) is 0 Å². The van der Waals surface area contributed by atoms with E-state index in [0.29, 0.717) is 5.92 Å². The number of aryl methyl sites for hydroxylation is 1. The Labute approximate surface area is 88.5 Å². The Balaban J connectivity index is 2.70. The van der Waals surface area contributed by atoms with E-state index in [1.54, 1.807) is 0 Å². The zero-order valence-electron chi connectivity index (χ0n) is 8.25. The number of rotatable bonds is 4. The molecule has 74 valence electrons. The number of hydrogen-bond acceptors (Lipinski definition) is 3. The molecule has 2 atom stereocenters. The van der Waals surface area contributed by atoms with Crippen LogP contribution in [0.4, 0.5) is 0 Å². The van der Waals surface area contributed by atoms with Gasteiger partial charge in [-0.2, -0.15) is 4.37 Å². The predicted octanol–water partition coefficient (Wildman–Crippen LogP) is 3.22. The Kier molecular flexibility index (Phi) is 4.13. The molecule has 0 aliphatic heterocycles. The minimum absolute atomic E-state index is 0.178. The van der Waals surface area contributed by atoms with Crippen LogP contribution in [0.3, 0.4) is 0 Å². The molecule has 1 aromatic rings. The Morgan fingerprint density at radius 3 is 2.62 bits per heavy atom. The summed E-state index contributed by atoms with van der Waals surface area (Å²) in [6.07, 6.45) is 1.88. The van der Waals surface area contributed by atoms with Gasteiger partial charge in [-0.25, -0.2) is 4.98 Å². The van der Waals surface area contributed by atoms with Crippen molar-refractivity contribution in [2.45, 2.75) is 44.9 Å². The summed E-state index contributed by atoms with van der Waals surface area (Å²) in [5.74, 6) is 1.26. The lowest BCUT2D eigenvalue weighted by molar-refractivity contribution is 0.667. The van der Waals surface area contributed by atoms with E-state index in [9.17, 15) is 0 Å². The molecule has 0 spiro atoms. The van der Waals surface area contributed by atoms with Crippen LogP contribution in [0, 0.1) is 0 Å². The van der Waals surface area contributed by atoms with E-state index in [0.717, 1.165) is 23.7 Å². The van der Waals surface area contributed by atoms with Gasteiger partial charge >= 0.3 is 0 Å². The molecule has 0 saturated carbocycles.